The summed E-state index contributed by atoms with van der Waals surface area (Å²) in [4.78, 5) is 20.4. The van der Waals surface area contributed by atoms with Gasteiger partial charge in [0.15, 0.2) is 0 Å². The van der Waals surface area contributed by atoms with E-state index in [1.54, 1.807) is 0 Å². The Morgan fingerprint density at radius 2 is 0.947 bits per heavy atom. The Labute approximate surface area is 218 Å². The zero-order valence-electron chi connectivity index (χ0n) is 20.5. The molecule has 0 fully saturated rings. The van der Waals surface area contributed by atoms with Gasteiger partial charge in [-0.25, -0.2) is 9.97 Å². The second kappa shape index (κ2) is 9.30. The van der Waals surface area contributed by atoms with Gasteiger partial charge in [-0.2, -0.15) is 0 Å². The zero-order chi connectivity index (χ0) is 25.3. The minimum absolute atomic E-state index is 0.915. The van der Waals surface area contributed by atoms with Gasteiger partial charge in [-0.05, 0) is 84.3 Å². The van der Waals surface area contributed by atoms with E-state index in [0.717, 1.165) is 50.4 Å². The lowest BCUT2D eigenvalue weighted by Crippen LogP contribution is -1.80. The Kier molecular flexibility index (Phi) is 5.37. The number of rotatable bonds is 0. The topological polar surface area (TPSA) is 70.2 Å². The van der Waals surface area contributed by atoms with Crippen LogP contribution in [0.4, 0.5) is 0 Å². The summed E-state index contributed by atoms with van der Waals surface area (Å²) < 4.78 is 0. The van der Waals surface area contributed by atoms with Crippen LogP contribution in [0.25, 0.3) is 68.0 Å². The van der Waals surface area contributed by atoms with E-state index in [1.807, 2.05) is 66.9 Å². The Balaban J connectivity index is 0.000000147. The molecule has 5 heteroatoms. The van der Waals surface area contributed by atoms with Crippen molar-refractivity contribution >= 4 is 68.0 Å². The number of H-pyrrole nitrogens is 2. The van der Waals surface area contributed by atoms with E-state index < -0.39 is 0 Å². The highest BCUT2D eigenvalue weighted by molar-refractivity contribution is 6.05. The monoisotopic (exact) mass is 489 g/mol. The van der Waals surface area contributed by atoms with Crippen LogP contribution in [0.3, 0.4) is 0 Å². The maximum Gasteiger partial charge on any atom is 0.0708 e. The van der Waals surface area contributed by atoms with Crippen molar-refractivity contribution in [1.29, 1.82) is 0 Å². The fourth-order valence-corrected chi connectivity index (χ4v) is 4.75. The van der Waals surface area contributed by atoms with Gasteiger partial charge in [0.05, 0.1) is 28.3 Å². The van der Waals surface area contributed by atoms with Gasteiger partial charge in [-0.3, -0.25) is 4.98 Å². The predicted molar refractivity (Wildman–Crippen MR) is 158 cm³/mol. The molecule has 6 heterocycles. The van der Waals surface area contributed by atoms with Crippen LogP contribution in [-0.2, 0) is 0 Å². The Bertz CT molecular complexity index is 1900. The lowest BCUT2D eigenvalue weighted by Gasteiger charge is -2.01. The molecule has 2 aliphatic heterocycles. The van der Waals surface area contributed by atoms with Crippen molar-refractivity contribution < 1.29 is 0 Å². The minimum atomic E-state index is 0.915. The number of aromatic nitrogens is 5. The molecule has 180 valence electrons. The highest BCUT2D eigenvalue weighted by atomic mass is 14.8. The molecule has 0 radical (unpaired) electrons. The maximum atomic E-state index is 4.62. The molecule has 0 saturated carbocycles. The van der Waals surface area contributed by atoms with E-state index in [0.29, 0.717) is 0 Å². The van der Waals surface area contributed by atoms with Crippen molar-refractivity contribution in [3.63, 3.8) is 0 Å². The van der Waals surface area contributed by atoms with Crippen molar-refractivity contribution in [2.45, 2.75) is 0 Å². The molecule has 0 amide bonds. The van der Waals surface area contributed by atoms with E-state index in [1.165, 1.54) is 16.2 Å². The fourth-order valence-electron chi connectivity index (χ4n) is 4.75. The summed E-state index contributed by atoms with van der Waals surface area (Å²) in [6, 6.07) is 33.0. The van der Waals surface area contributed by atoms with Crippen LogP contribution in [-0.4, -0.2) is 24.9 Å². The molecule has 2 N–H and O–H groups in total. The number of hydrogen-bond acceptors (Lipinski definition) is 3. The van der Waals surface area contributed by atoms with Crippen LogP contribution in [0.15, 0.2) is 103 Å². The van der Waals surface area contributed by atoms with Gasteiger partial charge in [0.1, 0.15) is 0 Å². The third-order valence-electron chi connectivity index (χ3n) is 6.54. The first kappa shape index (κ1) is 21.9. The highest BCUT2D eigenvalue weighted by Crippen LogP contribution is 2.22. The SMILES string of the molecule is C1=Cc2cc3ccc(cc4ccc(cc5nc(cc1n2)C=C5)[nH]4)[nH]3.c1ccc2c(c1)cnc1ccccc12. The normalized spacial score (nSPS) is 12.0. The van der Waals surface area contributed by atoms with E-state index in [4.69, 9.17) is 0 Å². The second-order valence-corrected chi connectivity index (χ2v) is 9.27. The predicted octanol–water partition coefficient (Wildman–Crippen LogP) is 8.04. The third kappa shape index (κ3) is 4.49. The van der Waals surface area contributed by atoms with Gasteiger partial charge in [-0.1, -0.05) is 42.5 Å². The molecule has 8 rings (SSSR count). The Morgan fingerprint density at radius 1 is 0.447 bits per heavy atom. The van der Waals surface area contributed by atoms with Crippen molar-refractivity contribution in [2.75, 3.05) is 0 Å². The average Bonchev–Trinajstić information content (AvgIpc) is 3.76. The maximum absolute atomic E-state index is 4.62. The van der Waals surface area contributed by atoms with Crippen molar-refractivity contribution in [2.24, 2.45) is 0 Å². The standard InChI is InChI=1S/C20H14N4.C13H9N/c1-2-14-10-16-5-6-18(23-16)12-20-8-7-19(24-20)11-17-4-3-15(22-17)9-13(1)21-14;1-2-6-11-10(5-1)9-14-13-8-4-3-7-12(11)13/h1-12,21-22H;1-9H. The Hall–Kier alpha value is -5.29. The molecule has 2 aliphatic rings. The summed E-state index contributed by atoms with van der Waals surface area (Å²) in [5.74, 6) is 0. The number of nitrogens with one attached hydrogen (secondary N) is 2. The van der Waals surface area contributed by atoms with Gasteiger partial charge < -0.3 is 9.97 Å². The summed E-state index contributed by atoms with van der Waals surface area (Å²) in [5, 5.41) is 3.70. The molecule has 2 aromatic carbocycles. The minimum Gasteiger partial charge on any atom is -0.355 e. The zero-order valence-corrected chi connectivity index (χ0v) is 20.5. The molecule has 6 aromatic rings. The van der Waals surface area contributed by atoms with Crippen molar-refractivity contribution in [3.05, 3.63) is 126 Å². The largest absolute Gasteiger partial charge is 0.355 e. The van der Waals surface area contributed by atoms with Gasteiger partial charge >= 0.3 is 0 Å². The summed E-state index contributed by atoms with van der Waals surface area (Å²) in [5.41, 5.74) is 8.92. The Morgan fingerprint density at radius 3 is 1.58 bits per heavy atom. The molecule has 0 saturated heterocycles. The van der Waals surface area contributed by atoms with Crippen LogP contribution in [0.5, 0.6) is 0 Å². The third-order valence-corrected chi connectivity index (χ3v) is 6.54. The fraction of sp³-hybridized carbons (Fsp3) is 0. The number of nitrogens with zero attached hydrogens (tertiary/aromatic N) is 3. The van der Waals surface area contributed by atoms with E-state index in [-0.39, 0.29) is 0 Å². The van der Waals surface area contributed by atoms with Gasteiger partial charge in [0.25, 0.3) is 0 Å². The summed E-state index contributed by atoms with van der Waals surface area (Å²) >= 11 is 0. The van der Waals surface area contributed by atoms with E-state index in [2.05, 4.69) is 85.6 Å². The van der Waals surface area contributed by atoms with Gasteiger partial charge in [-0.15, -0.1) is 0 Å². The number of benzene rings is 2. The van der Waals surface area contributed by atoms with Crippen LogP contribution >= 0.6 is 0 Å². The molecule has 0 spiro atoms. The summed E-state index contributed by atoms with van der Waals surface area (Å²) in [6.45, 7) is 0. The number of pyridine rings is 1. The van der Waals surface area contributed by atoms with E-state index >= 15 is 0 Å². The van der Waals surface area contributed by atoms with Crippen molar-refractivity contribution in [3.8, 4) is 0 Å². The first-order valence-corrected chi connectivity index (χ1v) is 12.5. The molecule has 0 aliphatic carbocycles. The molecule has 38 heavy (non-hydrogen) atoms. The van der Waals surface area contributed by atoms with E-state index in [9.17, 15) is 0 Å². The van der Waals surface area contributed by atoms with Crippen LogP contribution in [0.1, 0.15) is 22.8 Å². The molecular formula is C33H23N5. The van der Waals surface area contributed by atoms with Crippen LogP contribution in [0.2, 0.25) is 0 Å². The number of para-hydroxylation sites is 1. The van der Waals surface area contributed by atoms with Crippen molar-refractivity contribution in [1.82, 2.24) is 24.9 Å². The average molecular weight is 490 g/mol. The number of fused-ring (bicyclic) bond motifs is 11. The number of aromatic amines is 2. The second-order valence-electron chi connectivity index (χ2n) is 9.27. The quantitative estimate of drug-likeness (QED) is 0.212. The molecule has 0 unspecified atom stereocenters. The van der Waals surface area contributed by atoms with Gasteiger partial charge in [0, 0.05) is 39.0 Å². The molecular weight excluding hydrogens is 466 g/mol. The first-order valence-electron chi connectivity index (χ1n) is 12.5. The van der Waals surface area contributed by atoms with Crippen LogP contribution in [0, 0.1) is 0 Å². The summed E-state index contributed by atoms with van der Waals surface area (Å²) in [6.07, 6.45) is 9.98. The molecule has 5 nitrogen and oxygen atoms in total. The smallest absolute Gasteiger partial charge is 0.0708 e. The summed E-state index contributed by atoms with van der Waals surface area (Å²) in [7, 11) is 0. The number of hydrogen-bond donors (Lipinski definition) is 2. The molecule has 8 bridgehead atoms. The van der Waals surface area contributed by atoms with Crippen LogP contribution < -0.4 is 0 Å². The molecule has 4 aromatic heterocycles. The first-order chi connectivity index (χ1) is 18.7. The lowest BCUT2D eigenvalue weighted by molar-refractivity contribution is 1.28. The molecule has 0 atom stereocenters. The lowest BCUT2D eigenvalue weighted by atomic mass is 10.1. The van der Waals surface area contributed by atoms with Gasteiger partial charge in [0.2, 0.25) is 0 Å². The highest BCUT2D eigenvalue weighted by Gasteiger charge is 2.02.